The van der Waals surface area contributed by atoms with Crippen molar-refractivity contribution >= 4 is 51.9 Å². The minimum Gasteiger partial charge on any atom is -0.462 e. The van der Waals surface area contributed by atoms with Crippen LogP contribution in [0.1, 0.15) is 57.5 Å². The molecule has 0 saturated heterocycles. The lowest BCUT2D eigenvalue weighted by Gasteiger charge is -2.18. The number of carbonyl (C=O) groups excluding carboxylic acids is 4. The normalized spacial score (nSPS) is 10.8. The second-order valence-electron chi connectivity index (χ2n) is 8.62. The van der Waals surface area contributed by atoms with Crippen LogP contribution in [0.4, 0.5) is 5.00 Å². The molecule has 2 amide bonds. The Balaban J connectivity index is 1.65. The number of nitrogens with zero attached hydrogens (tertiary/aromatic N) is 5. The average Bonchev–Trinajstić information content (AvgIpc) is 3.52. The molecule has 3 rings (SSSR count). The highest BCUT2D eigenvalue weighted by Crippen LogP contribution is 2.34. The fourth-order valence-electron chi connectivity index (χ4n) is 3.75. The van der Waals surface area contributed by atoms with Crippen LogP contribution in [0.5, 0.6) is 0 Å². The highest BCUT2D eigenvalue weighted by Gasteiger charge is 2.28. The van der Waals surface area contributed by atoms with Crippen molar-refractivity contribution in [1.82, 2.24) is 25.1 Å². The molecule has 3 aromatic rings. The van der Waals surface area contributed by atoms with Gasteiger partial charge in [0.15, 0.2) is 6.61 Å². The predicted molar refractivity (Wildman–Crippen MR) is 151 cm³/mol. The van der Waals surface area contributed by atoms with Gasteiger partial charge in [0.2, 0.25) is 5.16 Å². The molecule has 1 N–H and O–H groups in total. The lowest BCUT2D eigenvalue weighted by atomic mass is 10.1. The van der Waals surface area contributed by atoms with Crippen LogP contribution in [-0.2, 0) is 19.1 Å². The summed E-state index contributed by atoms with van der Waals surface area (Å²) in [6.07, 6.45) is 0. The van der Waals surface area contributed by atoms with Gasteiger partial charge in [-0.25, -0.2) is 4.79 Å². The Hall–Kier alpha value is -3.78. The first-order chi connectivity index (χ1) is 19.1. The average molecular weight is 589 g/mol. The molecule has 0 unspecified atom stereocenters. The smallest absolute Gasteiger partial charge is 0.341 e. The summed E-state index contributed by atoms with van der Waals surface area (Å²) in [5, 5.41) is 14.9. The lowest BCUT2D eigenvalue weighted by molar-refractivity contribution is -0.144. The third-order valence-corrected chi connectivity index (χ3v) is 7.93. The van der Waals surface area contributed by atoms with E-state index >= 15 is 0 Å². The third kappa shape index (κ3) is 7.24. The van der Waals surface area contributed by atoms with Crippen molar-refractivity contribution in [2.45, 2.75) is 46.7 Å². The molecular weight excluding hydrogens is 556 g/mol. The Bertz CT molecular complexity index is 1400. The van der Waals surface area contributed by atoms with Crippen molar-refractivity contribution in [2.24, 2.45) is 0 Å². The first kappa shape index (κ1) is 30.8. The van der Waals surface area contributed by atoms with Crippen LogP contribution in [0.25, 0.3) is 5.69 Å². The molecule has 0 aliphatic carbocycles. The molecule has 214 valence electrons. The van der Waals surface area contributed by atoms with Gasteiger partial charge in [0.25, 0.3) is 11.8 Å². The Morgan fingerprint density at radius 2 is 1.80 bits per heavy atom. The number of tetrazole rings is 1. The van der Waals surface area contributed by atoms with Gasteiger partial charge in [-0.3, -0.25) is 14.4 Å². The molecule has 0 fully saturated rings. The fraction of sp³-hybridized carbons (Fsp3) is 0.423. The quantitative estimate of drug-likeness (QED) is 0.246. The number of aryl methyl sites for hydroxylation is 2. The molecule has 0 aliphatic heterocycles. The Kier molecular flexibility index (Phi) is 10.8. The zero-order valence-corrected chi connectivity index (χ0v) is 24.9. The van der Waals surface area contributed by atoms with Crippen molar-refractivity contribution in [1.29, 1.82) is 0 Å². The van der Waals surface area contributed by atoms with E-state index < -0.39 is 24.5 Å². The van der Waals surface area contributed by atoms with Gasteiger partial charge in [-0.1, -0.05) is 23.9 Å². The van der Waals surface area contributed by atoms with E-state index in [0.29, 0.717) is 28.7 Å². The summed E-state index contributed by atoms with van der Waals surface area (Å²) in [5.41, 5.74) is 3.32. The summed E-state index contributed by atoms with van der Waals surface area (Å²) in [6.45, 7) is 11.4. The number of carbonyl (C=O) groups is 4. The van der Waals surface area contributed by atoms with E-state index in [4.69, 9.17) is 9.47 Å². The van der Waals surface area contributed by atoms with Gasteiger partial charge >= 0.3 is 11.9 Å². The number of aromatic nitrogens is 4. The molecule has 40 heavy (non-hydrogen) atoms. The van der Waals surface area contributed by atoms with Crippen LogP contribution < -0.4 is 5.32 Å². The number of anilines is 1. The van der Waals surface area contributed by atoms with E-state index in [1.807, 2.05) is 45.9 Å². The first-order valence-electron chi connectivity index (χ1n) is 12.6. The standard InChI is InChI=1S/C26H32N6O6S2/c1-7-31(8-2)24(35)22-17(6)21(25(36)37-9-3)23(40-22)27-19(33)13-38-20(34)14-39-26-28-29-30-32(26)18-12-15(4)10-11-16(18)5/h10-12H,7-9,13-14H2,1-6H3,(H,27,33). The van der Waals surface area contributed by atoms with Crippen molar-refractivity contribution in [3.05, 3.63) is 45.3 Å². The number of hydrogen-bond donors (Lipinski definition) is 1. The number of esters is 2. The largest absolute Gasteiger partial charge is 0.462 e. The van der Waals surface area contributed by atoms with Crippen LogP contribution in [0.3, 0.4) is 0 Å². The Morgan fingerprint density at radius 1 is 1.07 bits per heavy atom. The van der Waals surface area contributed by atoms with Crippen LogP contribution in [0, 0.1) is 20.8 Å². The zero-order chi connectivity index (χ0) is 29.4. The second kappa shape index (κ2) is 14.0. The summed E-state index contributed by atoms with van der Waals surface area (Å²) in [5.74, 6) is -2.34. The van der Waals surface area contributed by atoms with Crippen LogP contribution in [0.2, 0.25) is 0 Å². The number of benzene rings is 1. The third-order valence-electron chi connectivity index (χ3n) is 5.84. The number of ether oxygens (including phenoxy) is 2. The molecule has 2 aromatic heterocycles. The van der Waals surface area contributed by atoms with Gasteiger partial charge in [0, 0.05) is 13.1 Å². The topological polar surface area (TPSA) is 146 Å². The zero-order valence-electron chi connectivity index (χ0n) is 23.3. The van der Waals surface area contributed by atoms with E-state index in [9.17, 15) is 19.2 Å². The number of hydrogen-bond acceptors (Lipinski definition) is 11. The van der Waals surface area contributed by atoms with Gasteiger partial charge in [-0.2, -0.15) is 4.68 Å². The summed E-state index contributed by atoms with van der Waals surface area (Å²) in [4.78, 5) is 52.6. The van der Waals surface area contributed by atoms with Gasteiger partial charge < -0.3 is 19.7 Å². The number of thiophene rings is 1. The Morgan fingerprint density at radius 3 is 2.48 bits per heavy atom. The molecule has 1 aromatic carbocycles. The van der Waals surface area contributed by atoms with E-state index in [1.54, 1.807) is 23.4 Å². The van der Waals surface area contributed by atoms with E-state index in [1.165, 1.54) is 0 Å². The highest BCUT2D eigenvalue weighted by molar-refractivity contribution is 7.99. The Labute approximate surface area is 240 Å². The minimum absolute atomic E-state index is 0.107. The van der Waals surface area contributed by atoms with Crippen LogP contribution >= 0.6 is 23.1 Å². The number of nitrogens with one attached hydrogen (secondary N) is 1. The van der Waals surface area contributed by atoms with Crippen molar-refractivity contribution in [2.75, 3.05) is 37.4 Å². The SMILES string of the molecule is CCOC(=O)c1c(NC(=O)COC(=O)CSc2nnnn2-c2cc(C)ccc2C)sc(C(=O)N(CC)CC)c1C. The highest BCUT2D eigenvalue weighted by atomic mass is 32.2. The van der Waals surface area contributed by atoms with E-state index in [0.717, 1.165) is 39.9 Å². The molecule has 0 atom stereocenters. The predicted octanol–water partition coefficient (Wildman–Crippen LogP) is 3.58. The van der Waals surface area contributed by atoms with Gasteiger partial charge in [-0.05, 0) is 74.7 Å². The molecule has 0 aliphatic rings. The van der Waals surface area contributed by atoms with Gasteiger partial charge in [0.05, 0.1) is 28.5 Å². The molecule has 14 heteroatoms. The van der Waals surface area contributed by atoms with Gasteiger partial charge in [0.1, 0.15) is 5.00 Å². The molecule has 0 saturated carbocycles. The maximum absolute atomic E-state index is 13.0. The summed E-state index contributed by atoms with van der Waals surface area (Å²) in [7, 11) is 0. The maximum Gasteiger partial charge on any atom is 0.341 e. The van der Waals surface area contributed by atoms with Crippen molar-refractivity contribution in [3.63, 3.8) is 0 Å². The van der Waals surface area contributed by atoms with Crippen molar-refractivity contribution < 1.29 is 28.7 Å². The molecule has 0 spiro atoms. The van der Waals surface area contributed by atoms with E-state index in [-0.39, 0.29) is 28.8 Å². The summed E-state index contributed by atoms with van der Waals surface area (Å²) >= 11 is 2.06. The molecule has 0 radical (unpaired) electrons. The lowest BCUT2D eigenvalue weighted by Crippen LogP contribution is -2.30. The summed E-state index contributed by atoms with van der Waals surface area (Å²) in [6, 6.07) is 5.88. The van der Waals surface area contributed by atoms with E-state index in [2.05, 4.69) is 20.8 Å². The molecular formula is C26H32N6O6S2. The molecule has 12 nitrogen and oxygen atoms in total. The number of rotatable bonds is 12. The molecule has 2 heterocycles. The fourth-order valence-corrected chi connectivity index (χ4v) is 5.61. The molecule has 0 bridgehead atoms. The van der Waals surface area contributed by atoms with Crippen LogP contribution in [-0.4, -0.2) is 80.9 Å². The number of thioether (sulfide) groups is 1. The maximum atomic E-state index is 13.0. The second-order valence-corrected chi connectivity index (χ2v) is 10.6. The van der Waals surface area contributed by atoms with Crippen LogP contribution in [0.15, 0.2) is 23.4 Å². The van der Waals surface area contributed by atoms with Crippen molar-refractivity contribution in [3.8, 4) is 5.69 Å². The minimum atomic E-state index is -0.660. The summed E-state index contributed by atoms with van der Waals surface area (Å²) < 4.78 is 11.8. The first-order valence-corrected chi connectivity index (χ1v) is 14.4. The van der Waals surface area contributed by atoms with Gasteiger partial charge in [-0.15, -0.1) is 16.4 Å². The monoisotopic (exact) mass is 588 g/mol. The number of amides is 2.